The molecule has 1 aliphatic rings. The lowest BCUT2D eigenvalue weighted by atomic mass is 9.86. The number of nitrogens with zero attached hydrogens (tertiary/aromatic N) is 4. The SMILES string of the molecule is CC(C)(O)C(F)CNC(=O)c1cnc(-c2ccc3cc(C#N)cnn23)cc1NC1CCC(CN)CC1. The van der Waals surface area contributed by atoms with Crippen molar-refractivity contribution in [1.82, 2.24) is 19.9 Å². The van der Waals surface area contributed by atoms with Crippen LogP contribution in [0.4, 0.5) is 10.1 Å². The summed E-state index contributed by atoms with van der Waals surface area (Å²) in [6.45, 7) is 3.08. The average Bonchev–Trinajstić information content (AvgIpc) is 3.30. The molecule has 0 bridgehead atoms. The van der Waals surface area contributed by atoms with Gasteiger partial charge in [-0.05, 0) is 76.3 Å². The number of nitrogens with one attached hydrogen (secondary N) is 2. The third-order valence-corrected chi connectivity index (χ3v) is 6.79. The molecule has 190 valence electrons. The molecule has 36 heavy (non-hydrogen) atoms. The standard InChI is InChI=1S/C26H32FN7O2/c1-26(2,36)24(27)15-31-25(35)20-14-30-22(10-21(20)33-18-5-3-16(11-28)4-6-18)23-8-7-19-9-17(12-29)13-32-34(19)23/h7-10,13-14,16,18,24,36H,3-6,11,15,28H2,1-2H3,(H,30,33)(H,31,35). The Kier molecular flexibility index (Phi) is 7.52. The number of pyridine rings is 1. The summed E-state index contributed by atoms with van der Waals surface area (Å²) in [4.78, 5) is 17.5. The summed E-state index contributed by atoms with van der Waals surface area (Å²) < 4.78 is 15.9. The van der Waals surface area contributed by atoms with Crippen LogP contribution in [0.5, 0.6) is 0 Å². The van der Waals surface area contributed by atoms with E-state index >= 15 is 0 Å². The number of anilines is 1. The van der Waals surface area contributed by atoms with Gasteiger partial charge in [-0.2, -0.15) is 10.4 Å². The summed E-state index contributed by atoms with van der Waals surface area (Å²) in [6.07, 6.45) is 5.22. The molecule has 3 heterocycles. The maximum Gasteiger partial charge on any atom is 0.255 e. The van der Waals surface area contributed by atoms with Crippen molar-refractivity contribution in [1.29, 1.82) is 5.26 Å². The molecule has 1 saturated carbocycles. The van der Waals surface area contributed by atoms with Crippen LogP contribution in [0.2, 0.25) is 0 Å². The summed E-state index contributed by atoms with van der Waals surface area (Å²) >= 11 is 0. The second kappa shape index (κ2) is 10.6. The van der Waals surface area contributed by atoms with Gasteiger partial charge in [0.05, 0.1) is 52.1 Å². The van der Waals surface area contributed by atoms with Gasteiger partial charge in [0.25, 0.3) is 5.91 Å². The second-order valence-corrected chi connectivity index (χ2v) is 9.96. The Hall–Kier alpha value is -3.55. The van der Waals surface area contributed by atoms with Crippen LogP contribution in [-0.2, 0) is 0 Å². The zero-order valence-corrected chi connectivity index (χ0v) is 20.5. The number of rotatable bonds is 8. The third-order valence-electron chi connectivity index (χ3n) is 6.79. The Morgan fingerprint density at radius 2 is 2.06 bits per heavy atom. The van der Waals surface area contributed by atoms with Crippen molar-refractivity contribution in [2.45, 2.75) is 57.3 Å². The first-order valence-electron chi connectivity index (χ1n) is 12.2. The van der Waals surface area contributed by atoms with Crippen LogP contribution in [0, 0.1) is 17.2 Å². The fourth-order valence-electron chi connectivity index (χ4n) is 4.44. The van der Waals surface area contributed by atoms with Crippen molar-refractivity contribution in [3.8, 4) is 17.5 Å². The quantitative estimate of drug-likeness (QED) is 0.378. The Morgan fingerprint density at radius 1 is 1.31 bits per heavy atom. The van der Waals surface area contributed by atoms with Crippen molar-refractivity contribution in [3.05, 3.63) is 47.8 Å². The molecule has 3 aromatic heterocycles. The zero-order chi connectivity index (χ0) is 25.9. The summed E-state index contributed by atoms with van der Waals surface area (Å²) in [7, 11) is 0. The van der Waals surface area contributed by atoms with E-state index in [1.165, 1.54) is 26.2 Å². The maximum atomic E-state index is 14.2. The predicted octanol–water partition coefficient (Wildman–Crippen LogP) is 3.04. The molecular weight excluding hydrogens is 461 g/mol. The summed E-state index contributed by atoms with van der Waals surface area (Å²) in [5.41, 5.74) is 7.68. The lowest BCUT2D eigenvalue weighted by Gasteiger charge is -2.29. The number of hydrogen-bond acceptors (Lipinski definition) is 7. The van der Waals surface area contributed by atoms with E-state index in [0.717, 1.165) is 31.2 Å². The van der Waals surface area contributed by atoms with Crippen LogP contribution >= 0.6 is 0 Å². The molecule has 1 amide bonds. The van der Waals surface area contributed by atoms with Gasteiger partial charge in [0.1, 0.15) is 12.2 Å². The summed E-state index contributed by atoms with van der Waals surface area (Å²) in [5.74, 6) is 0.0366. The highest BCUT2D eigenvalue weighted by atomic mass is 19.1. The van der Waals surface area contributed by atoms with Gasteiger partial charge in [-0.1, -0.05) is 0 Å². The van der Waals surface area contributed by atoms with Gasteiger partial charge in [0.2, 0.25) is 0 Å². The fraction of sp³-hybridized carbons (Fsp3) is 0.462. The predicted molar refractivity (Wildman–Crippen MR) is 135 cm³/mol. The van der Waals surface area contributed by atoms with E-state index in [4.69, 9.17) is 11.0 Å². The van der Waals surface area contributed by atoms with Crippen LogP contribution in [0.15, 0.2) is 36.7 Å². The Labute approximate surface area is 209 Å². The minimum atomic E-state index is -1.62. The molecule has 3 aromatic rings. The molecule has 1 fully saturated rings. The number of aromatic nitrogens is 3. The Bertz CT molecular complexity index is 1270. The molecular formula is C26H32FN7O2. The van der Waals surface area contributed by atoms with E-state index in [0.29, 0.717) is 40.7 Å². The maximum absolute atomic E-state index is 14.2. The molecule has 4 rings (SSSR count). The largest absolute Gasteiger partial charge is 0.387 e. The number of halogens is 1. The van der Waals surface area contributed by atoms with E-state index in [9.17, 15) is 14.3 Å². The Balaban J connectivity index is 1.64. The minimum absolute atomic E-state index is 0.167. The van der Waals surface area contributed by atoms with Crippen LogP contribution in [-0.4, -0.2) is 56.5 Å². The molecule has 1 unspecified atom stereocenters. The molecule has 5 N–H and O–H groups in total. The molecule has 1 atom stereocenters. The normalized spacial score (nSPS) is 19.0. The molecule has 0 aromatic carbocycles. The van der Waals surface area contributed by atoms with Crippen LogP contribution in [0.1, 0.15) is 55.5 Å². The fourth-order valence-corrected chi connectivity index (χ4v) is 4.44. The first-order chi connectivity index (χ1) is 17.2. The number of hydrogen-bond donors (Lipinski definition) is 4. The lowest BCUT2D eigenvalue weighted by molar-refractivity contribution is -0.00177. The van der Waals surface area contributed by atoms with Gasteiger partial charge in [0.15, 0.2) is 0 Å². The van der Waals surface area contributed by atoms with Gasteiger partial charge in [-0.25, -0.2) is 8.91 Å². The molecule has 9 nitrogen and oxygen atoms in total. The van der Waals surface area contributed by atoms with Crippen molar-refractivity contribution >= 4 is 17.1 Å². The molecule has 0 saturated heterocycles. The number of fused-ring (bicyclic) bond motifs is 1. The van der Waals surface area contributed by atoms with E-state index in [1.807, 2.05) is 12.1 Å². The second-order valence-electron chi connectivity index (χ2n) is 9.96. The van der Waals surface area contributed by atoms with Crippen LogP contribution in [0.3, 0.4) is 0 Å². The summed E-state index contributed by atoms with van der Waals surface area (Å²) in [5, 5.41) is 29.4. The highest BCUT2D eigenvalue weighted by Crippen LogP contribution is 2.30. The number of carbonyl (C=O) groups excluding carboxylic acids is 1. The van der Waals surface area contributed by atoms with Crippen molar-refractivity contribution < 1.29 is 14.3 Å². The van der Waals surface area contributed by atoms with E-state index in [2.05, 4.69) is 26.8 Å². The third kappa shape index (κ3) is 5.64. The topological polar surface area (TPSA) is 141 Å². The van der Waals surface area contributed by atoms with Gasteiger partial charge >= 0.3 is 0 Å². The van der Waals surface area contributed by atoms with Gasteiger partial charge in [0, 0.05) is 12.2 Å². The van der Waals surface area contributed by atoms with Crippen LogP contribution < -0.4 is 16.4 Å². The highest BCUT2D eigenvalue weighted by Gasteiger charge is 2.28. The molecule has 0 radical (unpaired) electrons. The monoisotopic (exact) mass is 493 g/mol. The number of nitrogens with two attached hydrogens (primary N) is 1. The molecule has 10 heteroatoms. The number of nitriles is 1. The average molecular weight is 494 g/mol. The number of aliphatic hydroxyl groups is 1. The zero-order valence-electron chi connectivity index (χ0n) is 20.5. The van der Waals surface area contributed by atoms with Crippen molar-refractivity contribution in [3.63, 3.8) is 0 Å². The number of amides is 1. The van der Waals surface area contributed by atoms with E-state index in [1.54, 1.807) is 16.6 Å². The smallest absolute Gasteiger partial charge is 0.255 e. The number of alkyl halides is 1. The van der Waals surface area contributed by atoms with Gasteiger partial charge < -0.3 is 21.5 Å². The molecule has 1 aliphatic carbocycles. The highest BCUT2D eigenvalue weighted by molar-refractivity contribution is 6.00. The van der Waals surface area contributed by atoms with Crippen molar-refractivity contribution in [2.24, 2.45) is 11.7 Å². The first-order valence-corrected chi connectivity index (χ1v) is 12.2. The first kappa shape index (κ1) is 25.5. The van der Waals surface area contributed by atoms with Gasteiger partial charge in [-0.15, -0.1) is 0 Å². The van der Waals surface area contributed by atoms with Crippen LogP contribution in [0.25, 0.3) is 16.9 Å². The van der Waals surface area contributed by atoms with Crippen molar-refractivity contribution in [2.75, 3.05) is 18.4 Å². The molecule has 0 spiro atoms. The Morgan fingerprint density at radius 3 is 2.72 bits per heavy atom. The van der Waals surface area contributed by atoms with E-state index < -0.39 is 17.7 Å². The minimum Gasteiger partial charge on any atom is -0.387 e. The lowest BCUT2D eigenvalue weighted by Crippen LogP contribution is -2.42. The number of carbonyl (C=O) groups is 1. The van der Waals surface area contributed by atoms with E-state index in [-0.39, 0.29) is 12.6 Å². The summed E-state index contributed by atoms with van der Waals surface area (Å²) in [6, 6.07) is 9.50. The molecule has 0 aliphatic heterocycles. The van der Waals surface area contributed by atoms with Gasteiger partial charge in [-0.3, -0.25) is 9.78 Å².